The molecular formula is C20H22N2O6S2. The van der Waals surface area contributed by atoms with Gasteiger partial charge in [0, 0.05) is 0 Å². The van der Waals surface area contributed by atoms with Crippen LogP contribution < -0.4 is 9.47 Å². The number of sulfone groups is 1. The molecule has 0 amide bonds. The summed E-state index contributed by atoms with van der Waals surface area (Å²) < 4.78 is 43.3. The summed E-state index contributed by atoms with van der Waals surface area (Å²) in [5, 5.41) is 0. The number of rotatable bonds is 6. The average molecular weight is 451 g/mol. The molecule has 0 saturated carbocycles. The summed E-state index contributed by atoms with van der Waals surface area (Å²) in [7, 11) is -1.31. The summed E-state index contributed by atoms with van der Waals surface area (Å²) in [4.78, 5) is 17.6. The van der Waals surface area contributed by atoms with E-state index in [0.717, 1.165) is 0 Å². The second kappa shape index (κ2) is 8.11. The Bertz CT molecular complexity index is 1270. The molecule has 3 aromatic rings. The number of methoxy groups -OCH3 is 2. The second-order valence-electron chi connectivity index (χ2n) is 6.77. The van der Waals surface area contributed by atoms with Gasteiger partial charge in [0.15, 0.2) is 10.9 Å². The SMILES string of the molecule is COC(=O)C(C)Oc1cc(C)c(S(=O)(=O)c2c(OC)ccc3[nH]c(=S)[nH]c23)c(C)c1. The third-order valence-electron chi connectivity index (χ3n) is 4.65. The van der Waals surface area contributed by atoms with Crippen molar-refractivity contribution in [2.75, 3.05) is 14.2 Å². The minimum atomic E-state index is -3.99. The standard InChI is InChI=1S/C20H22N2O6S2/c1-10-8-13(28-12(3)19(23)27-5)9-11(2)17(10)30(24,25)18-15(26-4)7-6-14-16(18)22-20(29)21-14/h6-9,12H,1-5H3,(H2,21,22,29). The molecule has 10 heteroatoms. The number of ether oxygens (including phenoxy) is 3. The third kappa shape index (κ3) is 3.80. The molecule has 3 rings (SSSR count). The van der Waals surface area contributed by atoms with Gasteiger partial charge in [-0.05, 0) is 68.4 Å². The molecule has 0 spiro atoms. The molecule has 160 valence electrons. The van der Waals surface area contributed by atoms with Gasteiger partial charge in [0.05, 0.1) is 30.1 Å². The highest BCUT2D eigenvalue weighted by Gasteiger charge is 2.30. The first-order valence-corrected chi connectivity index (χ1v) is 10.9. The quantitative estimate of drug-likeness (QED) is 0.436. The van der Waals surface area contributed by atoms with Crippen molar-refractivity contribution in [2.45, 2.75) is 36.7 Å². The van der Waals surface area contributed by atoms with Gasteiger partial charge in [-0.25, -0.2) is 13.2 Å². The minimum Gasteiger partial charge on any atom is -0.495 e. The lowest BCUT2D eigenvalue weighted by atomic mass is 10.1. The largest absolute Gasteiger partial charge is 0.495 e. The van der Waals surface area contributed by atoms with Crippen molar-refractivity contribution in [3.63, 3.8) is 0 Å². The number of H-pyrrole nitrogens is 2. The molecule has 2 aromatic carbocycles. The normalized spacial score (nSPS) is 12.6. The zero-order valence-electron chi connectivity index (χ0n) is 17.2. The van der Waals surface area contributed by atoms with Crippen LogP contribution in [0.4, 0.5) is 0 Å². The van der Waals surface area contributed by atoms with Crippen molar-refractivity contribution >= 4 is 39.1 Å². The van der Waals surface area contributed by atoms with Crippen molar-refractivity contribution in [1.82, 2.24) is 9.97 Å². The van der Waals surface area contributed by atoms with Crippen LogP contribution in [0.25, 0.3) is 11.0 Å². The number of carbonyl (C=O) groups excluding carboxylic acids is 1. The molecule has 0 aliphatic heterocycles. The van der Waals surface area contributed by atoms with Crippen LogP contribution in [0.3, 0.4) is 0 Å². The maximum Gasteiger partial charge on any atom is 0.346 e. The molecule has 0 radical (unpaired) electrons. The van der Waals surface area contributed by atoms with Crippen molar-refractivity contribution in [2.24, 2.45) is 0 Å². The first-order chi connectivity index (χ1) is 14.1. The van der Waals surface area contributed by atoms with Crippen LogP contribution in [0.15, 0.2) is 34.1 Å². The first-order valence-electron chi connectivity index (χ1n) is 9.00. The van der Waals surface area contributed by atoms with Gasteiger partial charge >= 0.3 is 5.97 Å². The van der Waals surface area contributed by atoms with Crippen LogP contribution in [0.2, 0.25) is 0 Å². The van der Waals surface area contributed by atoms with Crippen molar-refractivity contribution in [1.29, 1.82) is 0 Å². The fourth-order valence-corrected chi connectivity index (χ4v) is 5.64. The fraction of sp³-hybridized carbons (Fsp3) is 0.300. The number of aryl methyl sites for hydroxylation is 2. The number of hydrogen-bond donors (Lipinski definition) is 2. The van der Waals surface area contributed by atoms with Crippen LogP contribution in [0, 0.1) is 18.6 Å². The fourth-order valence-electron chi connectivity index (χ4n) is 3.41. The highest BCUT2D eigenvalue weighted by atomic mass is 32.2. The summed E-state index contributed by atoms with van der Waals surface area (Å²) in [6.07, 6.45) is -0.829. The molecule has 0 aliphatic carbocycles. The molecule has 0 saturated heterocycles. The molecule has 1 aromatic heterocycles. The Labute approximate surface area is 179 Å². The number of aromatic nitrogens is 2. The molecule has 1 atom stereocenters. The van der Waals surface area contributed by atoms with Crippen molar-refractivity contribution in [3.05, 3.63) is 40.2 Å². The van der Waals surface area contributed by atoms with E-state index in [4.69, 9.17) is 21.7 Å². The van der Waals surface area contributed by atoms with Crippen LogP contribution in [0.1, 0.15) is 18.1 Å². The maximum atomic E-state index is 13.7. The van der Waals surface area contributed by atoms with Crippen LogP contribution in [-0.2, 0) is 19.4 Å². The number of nitrogens with one attached hydrogen (secondary N) is 2. The van der Waals surface area contributed by atoms with Crippen LogP contribution >= 0.6 is 12.2 Å². The Balaban J connectivity index is 2.18. The van der Waals surface area contributed by atoms with Crippen LogP contribution in [0.5, 0.6) is 11.5 Å². The number of hydrogen-bond acceptors (Lipinski definition) is 7. The smallest absolute Gasteiger partial charge is 0.346 e. The van der Waals surface area contributed by atoms with E-state index < -0.39 is 21.9 Å². The van der Waals surface area contributed by atoms with Gasteiger partial charge in [-0.1, -0.05) is 0 Å². The van der Waals surface area contributed by atoms with E-state index in [0.29, 0.717) is 32.7 Å². The summed E-state index contributed by atoms with van der Waals surface area (Å²) in [5.41, 5.74) is 1.84. The van der Waals surface area contributed by atoms with Gasteiger partial charge < -0.3 is 24.2 Å². The van der Waals surface area contributed by atoms with E-state index in [2.05, 4.69) is 14.7 Å². The third-order valence-corrected chi connectivity index (χ3v) is 6.97. The first kappa shape index (κ1) is 21.8. The summed E-state index contributed by atoms with van der Waals surface area (Å²) in [6, 6.07) is 6.43. The highest BCUT2D eigenvalue weighted by Crippen LogP contribution is 2.38. The lowest BCUT2D eigenvalue weighted by Crippen LogP contribution is -2.25. The van der Waals surface area contributed by atoms with Crippen molar-refractivity contribution < 1.29 is 27.4 Å². The average Bonchev–Trinajstić information content (AvgIpc) is 3.05. The van der Waals surface area contributed by atoms with Gasteiger partial charge in [-0.2, -0.15) is 0 Å². The lowest BCUT2D eigenvalue weighted by Gasteiger charge is -2.17. The van der Waals surface area contributed by atoms with E-state index in [9.17, 15) is 13.2 Å². The summed E-state index contributed by atoms with van der Waals surface area (Å²) in [5.74, 6) is 0.0420. The maximum absolute atomic E-state index is 13.7. The topological polar surface area (TPSA) is 110 Å². The Morgan fingerprint density at radius 1 is 1.07 bits per heavy atom. The summed E-state index contributed by atoms with van der Waals surface area (Å²) in [6.45, 7) is 4.89. The number of fused-ring (bicyclic) bond motifs is 1. The zero-order valence-corrected chi connectivity index (χ0v) is 18.8. The zero-order chi connectivity index (χ0) is 22.2. The van der Waals surface area contributed by atoms with Crippen LogP contribution in [-0.4, -0.2) is 44.7 Å². The molecular weight excluding hydrogens is 428 g/mol. The molecule has 1 heterocycles. The van der Waals surface area contributed by atoms with Gasteiger partial charge in [0.25, 0.3) is 0 Å². The predicted molar refractivity (Wildman–Crippen MR) is 114 cm³/mol. The van der Waals surface area contributed by atoms with Gasteiger partial charge in [-0.3, -0.25) is 0 Å². The van der Waals surface area contributed by atoms with E-state index in [1.807, 2.05) is 0 Å². The molecule has 0 fully saturated rings. The molecule has 0 aliphatic rings. The monoisotopic (exact) mass is 450 g/mol. The number of carbonyl (C=O) groups is 1. The highest BCUT2D eigenvalue weighted by molar-refractivity contribution is 7.92. The van der Waals surface area contributed by atoms with Gasteiger partial charge in [0.1, 0.15) is 16.4 Å². The Kier molecular flexibility index (Phi) is 5.91. The second-order valence-corrected chi connectivity index (χ2v) is 9.00. The Morgan fingerprint density at radius 2 is 1.70 bits per heavy atom. The number of aromatic amines is 2. The number of esters is 1. The van der Waals surface area contributed by atoms with E-state index in [1.54, 1.807) is 45.0 Å². The van der Waals surface area contributed by atoms with Gasteiger partial charge in [0.2, 0.25) is 9.84 Å². The lowest BCUT2D eigenvalue weighted by molar-refractivity contribution is -0.147. The number of imidazole rings is 1. The molecule has 1 unspecified atom stereocenters. The summed E-state index contributed by atoms with van der Waals surface area (Å²) >= 11 is 5.13. The molecule has 30 heavy (non-hydrogen) atoms. The van der Waals surface area contributed by atoms with E-state index in [-0.39, 0.29) is 15.5 Å². The minimum absolute atomic E-state index is 0.00218. The Hall–Kier alpha value is -2.85. The molecule has 2 N–H and O–H groups in total. The molecule has 8 nitrogen and oxygen atoms in total. The number of benzene rings is 2. The van der Waals surface area contributed by atoms with E-state index >= 15 is 0 Å². The predicted octanol–water partition coefficient (Wildman–Crippen LogP) is 3.62. The van der Waals surface area contributed by atoms with Crippen molar-refractivity contribution in [3.8, 4) is 11.5 Å². The van der Waals surface area contributed by atoms with E-state index in [1.165, 1.54) is 14.2 Å². The van der Waals surface area contributed by atoms with Gasteiger partial charge in [-0.15, -0.1) is 0 Å². The molecule has 0 bridgehead atoms. The Morgan fingerprint density at radius 3 is 2.27 bits per heavy atom.